The summed E-state index contributed by atoms with van der Waals surface area (Å²) in [5.74, 6) is 0.920. The molecule has 0 radical (unpaired) electrons. The van der Waals surface area contributed by atoms with E-state index in [9.17, 15) is 28.0 Å². The average molecular weight is 542 g/mol. The van der Waals surface area contributed by atoms with E-state index in [4.69, 9.17) is 4.74 Å². The fourth-order valence-corrected chi connectivity index (χ4v) is 4.66. The summed E-state index contributed by atoms with van der Waals surface area (Å²) in [6, 6.07) is 21.2. The number of hydrogen-bond donors (Lipinski definition) is 1. The van der Waals surface area contributed by atoms with Crippen molar-refractivity contribution < 1.29 is 22.7 Å². The molecular formula is C31H22F3N3O3. The number of benzene rings is 3. The number of H-pyrrole nitrogens is 1. The van der Waals surface area contributed by atoms with Gasteiger partial charge in [-0.2, -0.15) is 18.4 Å². The first-order chi connectivity index (χ1) is 19.1. The molecule has 5 aromatic rings. The maximum Gasteiger partial charge on any atom is 0.417 e. The van der Waals surface area contributed by atoms with E-state index in [0.717, 1.165) is 33.7 Å². The molecule has 0 amide bonds. The van der Waals surface area contributed by atoms with Crippen LogP contribution in [0.3, 0.4) is 0 Å². The molecule has 2 heterocycles. The summed E-state index contributed by atoms with van der Waals surface area (Å²) in [5, 5.41) is 10.2. The topological polar surface area (TPSA) is 87.9 Å². The number of rotatable bonds is 6. The number of fused-ring (bicyclic) bond motifs is 1. The van der Waals surface area contributed by atoms with Crippen LogP contribution >= 0.6 is 0 Å². The Morgan fingerprint density at radius 2 is 1.70 bits per heavy atom. The van der Waals surface area contributed by atoms with Crippen molar-refractivity contribution in [3.63, 3.8) is 0 Å². The maximum atomic E-state index is 13.9. The fraction of sp³-hybridized carbons (Fsp3) is 0.129. The first-order valence-corrected chi connectivity index (χ1v) is 12.2. The second-order valence-electron chi connectivity index (χ2n) is 9.47. The van der Waals surface area contributed by atoms with Crippen molar-refractivity contribution in [2.45, 2.75) is 26.6 Å². The van der Waals surface area contributed by atoms with E-state index in [0.29, 0.717) is 29.0 Å². The van der Waals surface area contributed by atoms with Gasteiger partial charge in [-0.15, -0.1) is 0 Å². The van der Waals surface area contributed by atoms with Gasteiger partial charge < -0.3 is 14.3 Å². The summed E-state index contributed by atoms with van der Waals surface area (Å²) in [5.41, 5.74) is 0.975. The molecular weight excluding hydrogens is 519 g/mol. The summed E-state index contributed by atoms with van der Waals surface area (Å²) in [6.45, 7) is 3.77. The van der Waals surface area contributed by atoms with E-state index in [2.05, 4.69) is 4.98 Å². The van der Waals surface area contributed by atoms with E-state index in [1.165, 1.54) is 10.6 Å². The minimum Gasteiger partial charge on any atom is -0.457 e. The van der Waals surface area contributed by atoms with Gasteiger partial charge in [0.1, 0.15) is 23.1 Å². The van der Waals surface area contributed by atoms with Crippen LogP contribution in [0.15, 0.2) is 77.6 Å². The van der Waals surface area contributed by atoms with Gasteiger partial charge in [0.05, 0.1) is 23.5 Å². The third-order valence-corrected chi connectivity index (χ3v) is 6.67. The van der Waals surface area contributed by atoms with E-state index < -0.39 is 22.9 Å². The van der Waals surface area contributed by atoms with Gasteiger partial charge in [0, 0.05) is 10.9 Å². The molecule has 9 heteroatoms. The summed E-state index contributed by atoms with van der Waals surface area (Å²) in [4.78, 5) is 27.3. The van der Waals surface area contributed by atoms with Gasteiger partial charge in [-0.25, -0.2) is 0 Å². The number of pyridine rings is 1. The van der Waals surface area contributed by atoms with Crippen molar-refractivity contribution in [3.05, 3.63) is 117 Å². The number of halogens is 3. The van der Waals surface area contributed by atoms with Crippen molar-refractivity contribution in [2.75, 3.05) is 0 Å². The second kappa shape index (κ2) is 10.2. The first kappa shape index (κ1) is 26.5. The Bertz CT molecular complexity index is 1860. The smallest absolute Gasteiger partial charge is 0.417 e. The van der Waals surface area contributed by atoms with E-state index in [1.807, 2.05) is 32.0 Å². The number of hydrogen-bond acceptors (Lipinski definition) is 4. The summed E-state index contributed by atoms with van der Waals surface area (Å²) >= 11 is 0. The molecule has 0 aliphatic heterocycles. The van der Waals surface area contributed by atoms with E-state index in [-0.39, 0.29) is 12.2 Å². The molecule has 2 aromatic heterocycles. The van der Waals surface area contributed by atoms with Crippen LogP contribution in [-0.2, 0) is 12.7 Å². The number of carbonyl (C=O) groups excluding carboxylic acids is 1. The Balaban J connectivity index is 1.56. The van der Waals surface area contributed by atoms with Crippen LogP contribution < -0.4 is 10.3 Å². The monoisotopic (exact) mass is 541 g/mol. The molecule has 0 aliphatic carbocycles. The largest absolute Gasteiger partial charge is 0.457 e. The van der Waals surface area contributed by atoms with Crippen molar-refractivity contribution in [2.24, 2.45) is 0 Å². The molecule has 0 unspecified atom stereocenters. The van der Waals surface area contributed by atoms with E-state index in [1.54, 1.807) is 48.5 Å². The third kappa shape index (κ3) is 5.12. The zero-order valence-electron chi connectivity index (χ0n) is 21.5. The summed E-state index contributed by atoms with van der Waals surface area (Å²) in [6.07, 6.45) is -4.17. The van der Waals surface area contributed by atoms with Crippen molar-refractivity contribution >= 4 is 17.2 Å². The average Bonchev–Trinajstić information content (AvgIpc) is 3.33. The number of alkyl halides is 3. The summed E-state index contributed by atoms with van der Waals surface area (Å²) in [7, 11) is 0. The highest BCUT2D eigenvalue weighted by Crippen LogP contribution is 2.35. The van der Waals surface area contributed by atoms with Gasteiger partial charge in [-0.3, -0.25) is 9.59 Å². The zero-order chi connectivity index (χ0) is 28.6. The number of nitrogens with zero attached hydrogens (tertiary/aromatic N) is 2. The van der Waals surface area contributed by atoms with Crippen molar-refractivity contribution in [3.8, 4) is 28.8 Å². The fourth-order valence-electron chi connectivity index (χ4n) is 4.66. The van der Waals surface area contributed by atoms with Gasteiger partial charge >= 0.3 is 6.18 Å². The van der Waals surface area contributed by atoms with E-state index >= 15 is 0 Å². The highest BCUT2D eigenvalue weighted by atomic mass is 19.4. The standard InChI is InChI=1S/C31H22F3N3O3/c1-18-3-4-21(19(2)11-18)16-37-29(14-27(31(32,33)34)26(15-35)30(37)39)20-5-7-24(8-6-20)40-25-9-10-28-22(13-25)12-23(17-38)36-28/h3-14,17,36H,16H2,1-2H3. The molecule has 0 saturated carbocycles. The van der Waals surface area contributed by atoms with Gasteiger partial charge in [0.15, 0.2) is 6.29 Å². The Kier molecular flexibility index (Phi) is 6.78. The van der Waals surface area contributed by atoms with Crippen LogP contribution in [0.2, 0.25) is 0 Å². The SMILES string of the molecule is Cc1ccc(Cn2c(-c3ccc(Oc4ccc5[nH]c(C=O)cc5c4)cc3)cc(C(F)(F)F)c(C#N)c2=O)c(C)c1. The third-order valence-electron chi connectivity index (χ3n) is 6.67. The zero-order valence-corrected chi connectivity index (χ0v) is 21.5. The van der Waals surface area contributed by atoms with Crippen LogP contribution in [0.1, 0.15) is 38.3 Å². The molecule has 1 N–H and O–H groups in total. The first-order valence-electron chi connectivity index (χ1n) is 12.2. The molecule has 200 valence electrons. The lowest BCUT2D eigenvalue weighted by molar-refractivity contribution is -0.137. The van der Waals surface area contributed by atoms with Gasteiger partial charge in [-0.05, 0) is 85.1 Å². The predicted octanol–water partition coefficient (Wildman–Crippen LogP) is 7.16. The Labute approximate surface area is 226 Å². The molecule has 0 bridgehead atoms. The number of aldehydes is 1. The van der Waals surface area contributed by atoms with Gasteiger partial charge in [-0.1, -0.05) is 23.8 Å². The molecule has 0 spiro atoms. The number of aromatic nitrogens is 2. The number of aryl methyl sites for hydroxylation is 2. The van der Waals surface area contributed by atoms with Crippen LogP contribution in [0.4, 0.5) is 13.2 Å². The molecule has 0 atom stereocenters. The number of nitrogens with one attached hydrogen (secondary N) is 1. The Morgan fingerprint density at radius 1 is 0.975 bits per heavy atom. The quantitative estimate of drug-likeness (QED) is 0.231. The highest BCUT2D eigenvalue weighted by Gasteiger charge is 2.36. The number of aromatic amines is 1. The normalized spacial score (nSPS) is 11.4. The maximum absolute atomic E-state index is 13.9. The number of ether oxygens (including phenoxy) is 1. The van der Waals surface area contributed by atoms with Crippen LogP contribution in [-0.4, -0.2) is 15.8 Å². The number of nitriles is 1. The molecule has 5 rings (SSSR count). The molecule has 40 heavy (non-hydrogen) atoms. The van der Waals surface area contributed by atoms with Crippen molar-refractivity contribution in [1.82, 2.24) is 9.55 Å². The molecule has 3 aromatic carbocycles. The minimum atomic E-state index is -4.89. The lowest BCUT2D eigenvalue weighted by Gasteiger charge is -2.19. The molecule has 0 fully saturated rings. The predicted molar refractivity (Wildman–Crippen MR) is 145 cm³/mol. The lowest BCUT2D eigenvalue weighted by atomic mass is 10.0. The Morgan fingerprint density at radius 3 is 2.35 bits per heavy atom. The van der Waals surface area contributed by atoms with Gasteiger partial charge in [0.2, 0.25) is 0 Å². The molecule has 0 saturated heterocycles. The second-order valence-corrected chi connectivity index (χ2v) is 9.47. The van der Waals surface area contributed by atoms with Crippen LogP contribution in [0, 0.1) is 25.2 Å². The van der Waals surface area contributed by atoms with Crippen LogP contribution in [0.5, 0.6) is 11.5 Å². The van der Waals surface area contributed by atoms with Crippen LogP contribution in [0.25, 0.3) is 22.2 Å². The number of carbonyl (C=O) groups is 1. The summed E-state index contributed by atoms with van der Waals surface area (Å²) < 4.78 is 48.8. The highest BCUT2D eigenvalue weighted by molar-refractivity contribution is 5.88. The Hall–Kier alpha value is -5.10. The minimum absolute atomic E-state index is 0.00912. The lowest BCUT2D eigenvalue weighted by Crippen LogP contribution is -2.29. The van der Waals surface area contributed by atoms with Crippen molar-refractivity contribution in [1.29, 1.82) is 5.26 Å². The molecule has 6 nitrogen and oxygen atoms in total. The van der Waals surface area contributed by atoms with Gasteiger partial charge in [0.25, 0.3) is 5.56 Å². The molecule has 0 aliphatic rings.